The summed E-state index contributed by atoms with van der Waals surface area (Å²) in [6.45, 7) is 0.361. The Labute approximate surface area is 156 Å². The summed E-state index contributed by atoms with van der Waals surface area (Å²) in [5.74, 6) is 0.153. The Balaban J connectivity index is 1.79. The Morgan fingerprint density at radius 3 is 2.40 bits per heavy atom. The van der Waals surface area contributed by atoms with E-state index in [0.717, 1.165) is 5.56 Å². The predicted octanol–water partition coefficient (Wildman–Crippen LogP) is 5.82. The number of ether oxygens (including phenoxy) is 1. The minimum atomic E-state index is -0.312. The molecule has 25 heavy (non-hydrogen) atoms. The third kappa shape index (κ3) is 4.75. The lowest BCUT2D eigenvalue weighted by Crippen LogP contribution is -2.13. The van der Waals surface area contributed by atoms with Gasteiger partial charge in [0.2, 0.25) is 0 Å². The summed E-state index contributed by atoms with van der Waals surface area (Å²) in [6, 6.07) is 21.7. The number of amides is 1. The van der Waals surface area contributed by atoms with Crippen molar-refractivity contribution in [2.75, 3.05) is 5.32 Å². The van der Waals surface area contributed by atoms with Gasteiger partial charge in [0.1, 0.15) is 12.4 Å². The zero-order chi connectivity index (χ0) is 17.6. The van der Waals surface area contributed by atoms with Crippen LogP contribution in [0.5, 0.6) is 5.75 Å². The Kier molecular flexibility index (Phi) is 5.59. The van der Waals surface area contributed by atoms with Gasteiger partial charge in [-0.25, -0.2) is 0 Å². The van der Waals surface area contributed by atoms with Gasteiger partial charge >= 0.3 is 0 Å². The molecule has 1 N–H and O–H groups in total. The molecule has 0 fully saturated rings. The standard InChI is InChI=1S/C20H15Cl2NO2/c21-15-7-4-8-17(11-15)23-20(24)18-12-16(22)9-10-19(18)25-13-14-5-2-1-3-6-14/h1-12H,13H2,(H,23,24). The predicted molar refractivity (Wildman–Crippen MR) is 102 cm³/mol. The summed E-state index contributed by atoms with van der Waals surface area (Å²) in [5.41, 5.74) is 1.98. The van der Waals surface area contributed by atoms with Crippen molar-refractivity contribution in [1.82, 2.24) is 0 Å². The fourth-order valence-corrected chi connectivity index (χ4v) is 2.67. The monoisotopic (exact) mass is 371 g/mol. The molecule has 0 aliphatic carbocycles. The lowest BCUT2D eigenvalue weighted by molar-refractivity contribution is 0.102. The van der Waals surface area contributed by atoms with Gasteiger partial charge in [0.15, 0.2) is 0 Å². The SMILES string of the molecule is O=C(Nc1cccc(Cl)c1)c1cc(Cl)ccc1OCc1ccccc1. The summed E-state index contributed by atoms with van der Waals surface area (Å²) < 4.78 is 5.82. The zero-order valence-corrected chi connectivity index (χ0v) is 14.7. The number of carbonyl (C=O) groups excluding carboxylic acids is 1. The second-order valence-corrected chi connectivity index (χ2v) is 6.25. The summed E-state index contributed by atoms with van der Waals surface area (Å²) >= 11 is 12.0. The number of benzene rings is 3. The van der Waals surface area contributed by atoms with E-state index in [0.29, 0.717) is 33.7 Å². The molecule has 0 saturated carbocycles. The van der Waals surface area contributed by atoms with E-state index < -0.39 is 0 Å². The van der Waals surface area contributed by atoms with Crippen molar-refractivity contribution in [2.24, 2.45) is 0 Å². The molecule has 3 aromatic carbocycles. The summed E-state index contributed by atoms with van der Waals surface area (Å²) in [4.78, 5) is 12.6. The molecule has 0 aliphatic heterocycles. The highest BCUT2D eigenvalue weighted by molar-refractivity contribution is 6.31. The molecule has 0 heterocycles. The van der Waals surface area contributed by atoms with Gasteiger partial charge in [0, 0.05) is 15.7 Å². The van der Waals surface area contributed by atoms with E-state index in [1.165, 1.54) is 0 Å². The molecule has 5 heteroatoms. The van der Waals surface area contributed by atoms with Crippen LogP contribution in [-0.2, 0) is 6.61 Å². The van der Waals surface area contributed by atoms with Crippen LogP contribution in [0.1, 0.15) is 15.9 Å². The van der Waals surface area contributed by atoms with Crippen molar-refractivity contribution >= 4 is 34.8 Å². The second-order valence-electron chi connectivity index (χ2n) is 5.38. The highest BCUT2D eigenvalue weighted by Gasteiger charge is 2.14. The second kappa shape index (κ2) is 8.06. The van der Waals surface area contributed by atoms with Crippen LogP contribution < -0.4 is 10.1 Å². The van der Waals surface area contributed by atoms with Gasteiger partial charge < -0.3 is 10.1 Å². The fraction of sp³-hybridized carbons (Fsp3) is 0.0500. The van der Waals surface area contributed by atoms with E-state index in [2.05, 4.69) is 5.32 Å². The first-order valence-electron chi connectivity index (χ1n) is 7.65. The minimum absolute atomic E-state index is 0.312. The van der Waals surface area contributed by atoms with Gasteiger partial charge in [-0.15, -0.1) is 0 Å². The van der Waals surface area contributed by atoms with Crippen molar-refractivity contribution in [3.63, 3.8) is 0 Å². The van der Waals surface area contributed by atoms with Gasteiger partial charge in [-0.1, -0.05) is 59.6 Å². The molecule has 3 nitrogen and oxygen atoms in total. The summed E-state index contributed by atoms with van der Waals surface area (Å²) in [6.07, 6.45) is 0. The van der Waals surface area contributed by atoms with Crippen LogP contribution in [0.4, 0.5) is 5.69 Å². The molecule has 3 aromatic rings. The first-order valence-corrected chi connectivity index (χ1v) is 8.40. The van der Waals surface area contributed by atoms with Crippen LogP contribution >= 0.6 is 23.2 Å². The van der Waals surface area contributed by atoms with Crippen LogP contribution in [0, 0.1) is 0 Å². The van der Waals surface area contributed by atoms with Gasteiger partial charge in [-0.05, 0) is 42.0 Å². The molecule has 0 atom stereocenters. The van der Waals surface area contributed by atoms with Crippen molar-refractivity contribution in [3.05, 3.63) is 94.0 Å². The number of hydrogen-bond donors (Lipinski definition) is 1. The van der Waals surface area contributed by atoms with E-state index in [9.17, 15) is 4.79 Å². The number of rotatable bonds is 5. The highest BCUT2D eigenvalue weighted by atomic mass is 35.5. The van der Waals surface area contributed by atoms with Crippen LogP contribution in [0.15, 0.2) is 72.8 Å². The lowest BCUT2D eigenvalue weighted by atomic mass is 10.1. The Morgan fingerprint density at radius 1 is 0.880 bits per heavy atom. The number of anilines is 1. The quantitative estimate of drug-likeness (QED) is 0.612. The normalized spacial score (nSPS) is 10.3. The molecule has 0 radical (unpaired) electrons. The Bertz CT molecular complexity index is 882. The largest absolute Gasteiger partial charge is 0.488 e. The lowest BCUT2D eigenvalue weighted by Gasteiger charge is -2.12. The Hall–Kier alpha value is -2.49. The molecule has 0 bridgehead atoms. The fourth-order valence-electron chi connectivity index (χ4n) is 2.31. The van der Waals surface area contributed by atoms with Crippen LogP contribution in [0.3, 0.4) is 0 Å². The number of carbonyl (C=O) groups is 1. The zero-order valence-electron chi connectivity index (χ0n) is 13.2. The van der Waals surface area contributed by atoms with Gasteiger partial charge in [0.05, 0.1) is 5.56 Å². The smallest absolute Gasteiger partial charge is 0.259 e. The van der Waals surface area contributed by atoms with Crippen LogP contribution in [0.25, 0.3) is 0 Å². The molecule has 0 aliphatic rings. The topological polar surface area (TPSA) is 38.3 Å². The maximum Gasteiger partial charge on any atom is 0.259 e. The van der Waals surface area contributed by atoms with Crippen molar-refractivity contribution < 1.29 is 9.53 Å². The van der Waals surface area contributed by atoms with E-state index >= 15 is 0 Å². The number of hydrogen-bond acceptors (Lipinski definition) is 2. The number of halogens is 2. The van der Waals surface area contributed by atoms with Crippen LogP contribution in [0.2, 0.25) is 10.0 Å². The Morgan fingerprint density at radius 2 is 1.64 bits per heavy atom. The minimum Gasteiger partial charge on any atom is -0.488 e. The third-order valence-electron chi connectivity index (χ3n) is 3.51. The van der Waals surface area contributed by atoms with Crippen molar-refractivity contribution in [2.45, 2.75) is 6.61 Å². The van der Waals surface area contributed by atoms with Gasteiger partial charge in [-0.3, -0.25) is 4.79 Å². The molecule has 3 rings (SSSR count). The van der Waals surface area contributed by atoms with Gasteiger partial charge in [-0.2, -0.15) is 0 Å². The average molecular weight is 372 g/mol. The van der Waals surface area contributed by atoms with Crippen molar-refractivity contribution in [1.29, 1.82) is 0 Å². The van der Waals surface area contributed by atoms with E-state index in [-0.39, 0.29) is 5.91 Å². The molecule has 0 aromatic heterocycles. The molecular weight excluding hydrogens is 357 g/mol. The third-order valence-corrected chi connectivity index (χ3v) is 3.98. The first-order chi connectivity index (χ1) is 12.1. The van der Waals surface area contributed by atoms with Crippen LogP contribution in [-0.4, -0.2) is 5.91 Å². The van der Waals surface area contributed by atoms with E-state index in [1.807, 2.05) is 30.3 Å². The molecule has 0 saturated heterocycles. The summed E-state index contributed by atoms with van der Waals surface area (Å²) in [5, 5.41) is 3.81. The molecule has 0 spiro atoms. The highest BCUT2D eigenvalue weighted by Crippen LogP contribution is 2.25. The molecular formula is C20H15Cl2NO2. The maximum atomic E-state index is 12.6. The first kappa shape index (κ1) is 17.3. The average Bonchev–Trinajstić information content (AvgIpc) is 2.61. The van der Waals surface area contributed by atoms with Crippen molar-refractivity contribution in [3.8, 4) is 5.75 Å². The van der Waals surface area contributed by atoms with Gasteiger partial charge in [0.25, 0.3) is 5.91 Å². The molecule has 1 amide bonds. The maximum absolute atomic E-state index is 12.6. The molecule has 126 valence electrons. The molecule has 0 unspecified atom stereocenters. The number of nitrogens with one attached hydrogen (secondary N) is 1. The van der Waals surface area contributed by atoms with E-state index in [4.69, 9.17) is 27.9 Å². The van der Waals surface area contributed by atoms with E-state index in [1.54, 1.807) is 42.5 Å². The summed E-state index contributed by atoms with van der Waals surface area (Å²) in [7, 11) is 0.